The van der Waals surface area contributed by atoms with Crippen LogP contribution in [0.5, 0.6) is 0 Å². The van der Waals surface area contributed by atoms with Crippen LogP contribution in [0.25, 0.3) is 27.7 Å². The molecule has 0 bridgehead atoms. The highest BCUT2D eigenvalue weighted by atomic mass is 19.1. The van der Waals surface area contributed by atoms with E-state index >= 15 is 13.2 Å². The monoisotopic (exact) mass is 614 g/mol. The Morgan fingerprint density at radius 3 is 2.20 bits per heavy atom. The lowest BCUT2D eigenvalue weighted by molar-refractivity contribution is -0.275. The van der Waals surface area contributed by atoms with Crippen molar-refractivity contribution in [1.82, 2.24) is 4.57 Å². The summed E-state index contributed by atoms with van der Waals surface area (Å²) in [4.78, 5) is 28.5. The Labute approximate surface area is 248 Å². The van der Waals surface area contributed by atoms with Gasteiger partial charge in [0.05, 0.1) is 42.1 Å². The fourth-order valence-corrected chi connectivity index (χ4v) is 5.84. The van der Waals surface area contributed by atoms with E-state index in [1.165, 1.54) is 13.0 Å². The molecular formula is C32H27F5N2O5. The Kier molecular flexibility index (Phi) is 7.89. The number of hydrogen-bond acceptors (Lipinski definition) is 6. The van der Waals surface area contributed by atoms with Crippen LogP contribution in [-0.4, -0.2) is 49.2 Å². The van der Waals surface area contributed by atoms with E-state index in [2.05, 4.69) is 0 Å². The molecule has 2 aliphatic heterocycles. The first-order valence-electron chi connectivity index (χ1n) is 14.1. The standard InChI is InChI=1S/C32H27F5N2O5/c1-2-42-31(41)21-17-39(24-7-5-19(34)15-23(24)36)25-16-26(38-10-8-32(9-11-38)43-12-3-13-44-32)29(37)27(28(25)30(21)40)20-6-4-18(33)14-22(20)35/h4-7,14-17H,2-3,8-13H2,1H3. The number of rotatable bonds is 5. The number of pyridine rings is 1. The van der Waals surface area contributed by atoms with Crippen LogP contribution >= 0.6 is 0 Å². The van der Waals surface area contributed by atoms with Gasteiger partial charge in [-0.05, 0) is 43.7 Å². The third-order valence-electron chi connectivity index (χ3n) is 7.96. The smallest absolute Gasteiger partial charge is 0.343 e. The van der Waals surface area contributed by atoms with Crippen molar-refractivity contribution in [2.75, 3.05) is 37.8 Å². The van der Waals surface area contributed by atoms with Gasteiger partial charge in [-0.1, -0.05) is 0 Å². The highest BCUT2D eigenvalue weighted by Crippen LogP contribution is 2.41. The van der Waals surface area contributed by atoms with Crippen molar-refractivity contribution in [1.29, 1.82) is 0 Å². The van der Waals surface area contributed by atoms with Crippen molar-refractivity contribution in [3.8, 4) is 16.8 Å². The molecule has 0 radical (unpaired) electrons. The molecule has 2 saturated heterocycles. The fourth-order valence-electron chi connectivity index (χ4n) is 5.84. The van der Waals surface area contributed by atoms with Gasteiger partial charge in [-0.2, -0.15) is 0 Å². The number of carbonyl (C=O) groups is 1. The lowest BCUT2D eigenvalue weighted by atomic mass is 9.95. The molecular weight excluding hydrogens is 587 g/mol. The maximum Gasteiger partial charge on any atom is 0.343 e. The summed E-state index contributed by atoms with van der Waals surface area (Å²) in [5.74, 6) is -6.92. The quantitative estimate of drug-likeness (QED) is 0.195. The van der Waals surface area contributed by atoms with Crippen molar-refractivity contribution in [2.24, 2.45) is 0 Å². The Bertz CT molecular complexity index is 1830. The lowest BCUT2D eigenvalue weighted by Crippen LogP contribution is -2.50. The van der Waals surface area contributed by atoms with Crippen LogP contribution in [0.4, 0.5) is 27.6 Å². The van der Waals surface area contributed by atoms with E-state index < -0.39 is 68.3 Å². The zero-order chi connectivity index (χ0) is 31.2. The molecule has 12 heteroatoms. The summed E-state index contributed by atoms with van der Waals surface area (Å²) in [5, 5.41) is -0.474. The molecule has 2 aliphatic rings. The summed E-state index contributed by atoms with van der Waals surface area (Å²) in [6, 6.07) is 6.42. The van der Waals surface area contributed by atoms with Gasteiger partial charge in [-0.25, -0.2) is 26.7 Å². The molecule has 44 heavy (non-hydrogen) atoms. The van der Waals surface area contributed by atoms with Crippen LogP contribution in [0.2, 0.25) is 0 Å². The van der Waals surface area contributed by atoms with Gasteiger partial charge in [0.15, 0.2) is 11.6 Å². The maximum absolute atomic E-state index is 16.8. The second-order valence-corrected chi connectivity index (χ2v) is 10.6. The topological polar surface area (TPSA) is 70.0 Å². The normalized spacial score (nSPS) is 16.5. The zero-order valence-corrected chi connectivity index (χ0v) is 23.6. The van der Waals surface area contributed by atoms with Crippen molar-refractivity contribution in [3.63, 3.8) is 0 Å². The van der Waals surface area contributed by atoms with Gasteiger partial charge in [0.2, 0.25) is 5.43 Å². The van der Waals surface area contributed by atoms with Gasteiger partial charge >= 0.3 is 5.97 Å². The third kappa shape index (κ3) is 5.22. The van der Waals surface area contributed by atoms with E-state index in [1.54, 1.807) is 4.90 Å². The highest BCUT2D eigenvalue weighted by molar-refractivity contribution is 6.02. The Morgan fingerprint density at radius 2 is 1.57 bits per heavy atom. The Hall–Kier alpha value is -4.29. The molecule has 230 valence electrons. The summed E-state index contributed by atoms with van der Waals surface area (Å²) in [6.07, 6.45) is 2.54. The summed E-state index contributed by atoms with van der Waals surface area (Å²) in [7, 11) is 0. The zero-order valence-electron chi connectivity index (χ0n) is 23.6. The molecule has 6 rings (SSSR count). The summed E-state index contributed by atoms with van der Waals surface area (Å²) < 4.78 is 93.1. The van der Waals surface area contributed by atoms with Crippen LogP contribution in [-0.2, 0) is 14.2 Å². The summed E-state index contributed by atoms with van der Waals surface area (Å²) in [6.45, 7) is 2.95. The van der Waals surface area contributed by atoms with Gasteiger partial charge in [0, 0.05) is 55.4 Å². The van der Waals surface area contributed by atoms with Crippen LogP contribution in [0.3, 0.4) is 0 Å². The van der Waals surface area contributed by atoms with Crippen molar-refractivity contribution >= 4 is 22.6 Å². The van der Waals surface area contributed by atoms with E-state index in [9.17, 15) is 18.4 Å². The molecule has 3 aromatic carbocycles. The van der Waals surface area contributed by atoms with E-state index in [4.69, 9.17) is 14.2 Å². The third-order valence-corrected chi connectivity index (χ3v) is 7.96. The number of fused-ring (bicyclic) bond motifs is 1. The molecule has 3 heterocycles. The minimum atomic E-state index is -1.16. The average Bonchev–Trinajstić information content (AvgIpc) is 2.99. The second-order valence-electron chi connectivity index (χ2n) is 10.6. The number of anilines is 1. The van der Waals surface area contributed by atoms with Crippen molar-refractivity contribution in [3.05, 3.63) is 93.5 Å². The van der Waals surface area contributed by atoms with Crippen molar-refractivity contribution in [2.45, 2.75) is 32.0 Å². The maximum atomic E-state index is 16.8. The molecule has 1 spiro atoms. The van der Waals surface area contributed by atoms with Crippen LogP contribution in [0.1, 0.15) is 36.5 Å². The number of halogens is 5. The van der Waals surface area contributed by atoms with E-state index in [1.807, 2.05) is 0 Å². The number of aromatic nitrogens is 1. The minimum Gasteiger partial charge on any atom is -0.462 e. The molecule has 0 atom stereocenters. The van der Waals surface area contributed by atoms with Gasteiger partial charge in [-0.3, -0.25) is 4.79 Å². The molecule has 0 amide bonds. The van der Waals surface area contributed by atoms with Gasteiger partial charge in [0.25, 0.3) is 0 Å². The number of nitrogens with zero attached hydrogens (tertiary/aromatic N) is 2. The number of hydrogen-bond donors (Lipinski definition) is 0. The Balaban J connectivity index is 1.66. The predicted octanol–water partition coefficient (Wildman–Crippen LogP) is 6.26. The molecule has 0 N–H and O–H groups in total. The van der Waals surface area contributed by atoms with Crippen LogP contribution in [0, 0.1) is 29.1 Å². The molecule has 0 unspecified atom stereocenters. The van der Waals surface area contributed by atoms with E-state index in [-0.39, 0.29) is 36.6 Å². The summed E-state index contributed by atoms with van der Waals surface area (Å²) >= 11 is 0. The van der Waals surface area contributed by atoms with Crippen molar-refractivity contribution < 1.29 is 41.0 Å². The number of ether oxygens (including phenoxy) is 3. The first kappa shape index (κ1) is 29.8. The molecule has 1 aromatic heterocycles. The van der Waals surface area contributed by atoms with Gasteiger partial charge in [-0.15, -0.1) is 0 Å². The number of piperidine rings is 1. The van der Waals surface area contributed by atoms with Gasteiger partial charge in [0.1, 0.15) is 28.8 Å². The first-order chi connectivity index (χ1) is 21.1. The fraction of sp³-hybridized carbons (Fsp3) is 0.312. The minimum absolute atomic E-state index is 0.0542. The van der Waals surface area contributed by atoms with E-state index in [0.717, 1.165) is 41.5 Å². The Morgan fingerprint density at radius 1 is 0.909 bits per heavy atom. The second kappa shape index (κ2) is 11.7. The molecule has 4 aromatic rings. The molecule has 0 aliphatic carbocycles. The number of carbonyl (C=O) groups excluding carboxylic acids is 1. The molecule has 0 saturated carbocycles. The first-order valence-corrected chi connectivity index (χ1v) is 14.1. The predicted molar refractivity (Wildman–Crippen MR) is 151 cm³/mol. The average molecular weight is 615 g/mol. The van der Waals surface area contributed by atoms with E-state index in [0.29, 0.717) is 38.2 Å². The summed E-state index contributed by atoms with van der Waals surface area (Å²) in [5.41, 5.74) is -3.03. The van der Waals surface area contributed by atoms with Crippen LogP contribution < -0.4 is 10.3 Å². The highest BCUT2D eigenvalue weighted by Gasteiger charge is 2.39. The molecule has 7 nitrogen and oxygen atoms in total. The van der Waals surface area contributed by atoms with Crippen LogP contribution in [0.15, 0.2) is 53.5 Å². The number of benzene rings is 3. The SMILES string of the molecule is CCOC(=O)c1cn(-c2ccc(F)cc2F)c2cc(N3CCC4(CC3)OCCCO4)c(F)c(-c3ccc(F)cc3F)c2c1=O. The lowest BCUT2D eigenvalue weighted by Gasteiger charge is -2.44. The molecule has 2 fully saturated rings. The van der Waals surface area contributed by atoms with Gasteiger partial charge < -0.3 is 23.7 Å². The largest absolute Gasteiger partial charge is 0.462 e. The number of esters is 1.